The number of aliphatic hydroxyl groups excluding tert-OH is 1. The molecule has 64 valence electrons. The van der Waals surface area contributed by atoms with Crippen LogP contribution >= 0.6 is 0 Å². The molecule has 0 amide bonds. The van der Waals surface area contributed by atoms with Gasteiger partial charge in [-0.25, -0.2) is 4.79 Å². The molecule has 1 fully saturated rings. The van der Waals surface area contributed by atoms with E-state index < -0.39 is 12.1 Å². The fourth-order valence-electron chi connectivity index (χ4n) is 0.941. The minimum absolute atomic E-state index is 0.477. The van der Waals surface area contributed by atoms with Crippen LogP contribution in [0.2, 0.25) is 0 Å². The van der Waals surface area contributed by atoms with E-state index >= 15 is 0 Å². The summed E-state index contributed by atoms with van der Waals surface area (Å²) >= 11 is 0. The molecule has 0 aliphatic heterocycles. The molecule has 3 heteroatoms. The minimum atomic E-state index is -0.982. The summed E-state index contributed by atoms with van der Waals surface area (Å²) in [5.74, 6) is 0.721. The maximum Gasteiger partial charge on any atom is 0.334 e. The molecule has 1 saturated carbocycles. The molecule has 0 aromatic heterocycles. The second-order valence-corrected chi connectivity index (χ2v) is 3.28. The van der Waals surface area contributed by atoms with Crippen molar-refractivity contribution in [2.24, 2.45) is 11.8 Å². The molecule has 1 aliphatic carbocycles. The van der Waals surface area contributed by atoms with Crippen molar-refractivity contribution in [2.45, 2.75) is 26.4 Å². The lowest BCUT2D eigenvalue weighted by atomic mass is 10.3. The highest BCUT2D eigenvalue weighted by Crippen LogP contribution is 2.37. The van der Waals surface area contributed by atoms with Crippen molar-refractivity contribution in [2.75, 3.05) is 6.61 Å². The first-order valence-corrected chi connectivity index (χ1v) is 3.96. The van der Waals surface area contributed by atoms with Gasteiger partial charge in [-0.3, -0.25) is 0 Å². The van der Waals surface area contributed by atoms with Crippen molar-refractivity contribution in [3.05, 3.63) is 0 Å². The molecule has 0 saturated heterocycles. The summed E-state index contributed by atoms with van der Waals surface area (Å²) in [6, 6.07) is 0. The van der Waals surface area contributed by atoms with Gasteiger partial charge in [-0.05, 0) is 25.2 Å². The third-order valence-electron chi connectivity index (χ3n) is 2.06. The standard InChI is InChI=1S/C8H14O3/c1-5-3-7(5)4-11-8(10)6(2)9/h5-7,9H,3-4H2,1-2H3. The maximum absolute atomic E-state index is 10.7. The van der Waals surface area contributed by atoms with E-state index in [1.807, 2.05) is 0 Å². The Kier molecular flexibility index (Phi) is 2.49. The van der Waals surface area contributed by atoms with Crippen LogP contribution in [-0.2, 0) is 9.53 Å². The maximum atomic E-state index is 10.7. The zero-order valence-corrected chi connectivity index (χ0v) is 6.91. The van der Waals surface area contributed by atoms with Gasteiger partial charge in [0.2, 0.25) is 0 Å². The largest absolute Gasteiger partial charge is 0.463 e. The number of hydrogen-bond acceptors (Lipinski definition) is 3. The Morgan fingerprint density at radius 1 is 1.82 bits per heavy atom. The number of carbonyl (C=O) groups excluding carboxylic acids is 1. The lowest BCUT2D eigenvalue weighted by molar-refractivity contribution is -0.153. The molecule has 0 bridgehead atoms. The van der Waals surface area contributed by atoms with E-state index in [1.54, 1.807) is 0 Å². The molecule has 3 nitrogen and oxygen atoms in total. The van der Waals surface area contributed by atoms with E-state index in [4.69, 9.17) is 9.84 Å². The Hall–Kier alpha value is -0.570. The van der Waals surface area contributed by atoms with Gasteiger partial charge in [0.1, 0.15) is 6.10 Å². The van der Waals surface area contributed by atoms with Gasteiger partial charge < -0.3 is 9.84 Å². The quantitative estimate of drug-likeness (QED) is 0.611. The molecule has 0 aromatic carbocycles. The molecule has 3 unspecified atom stereocenters. The number of rotatable bonds is 3. The molecule has 11 heavy (non-hydrogen) atoms. The second-order valence-electron chi connectivity index (χ2n) is 3.28. The molecule has 1 N–H and O–H groups in total. The fraction of sp³-hybridized carbons (Fsp3) is 0.875. The normalized spacial score (nSPS) is 31.2. The van der Waals surface area contributed by atoms with Crippen LogP contribution in [0.15, 0.2) is 0 Å². The van der Waals surface area contributed by atoms with E-state index in [1.165, 1.54) is 6.92 Å². The van der Waals surface area contributed by atoms with Gasteiger partial charge in [0.15, 0.2) is 0 Å². The summed E-state index contributed by atoms with van der Waals surface area (Å²) in [5, 5.41) is 8.75. The summed E-state index contributed by atoms with van der Waals surface area (Å²) in [6.45, 7) is 4.02. The molecule has 1 aliphatic rings. The zero-order chi connectivity index (χ0) is 8.43. The van der Waals surface area contributed by atoms with Crippen molar-refractivity contribution >= 4 is 5.97 Å². The van der Waals surface area contributed by atoms with Crippen LogP contribution in [0.3, 0.4) is 0 Å². The van der Waals surface area contributed by atoms with Crippen LogP contribution in [0.4, 0.5) is 0 Å². The molecular formula is C8H14O3. The van der Waals surface area contributed by atoms with E-state index in [0.717, 1.165) is 6.42 Å². The molecule has 1 rings (SSSR count). The third kappa shape index (κ3) is 2.50. The number of hydrogen-bond donors (Lipinski definition) is 1. The van der Waals surface area contributed by atoms with Crippen molar-refractivity contribution in [1.29, 1.82) is 0 Å². The van der Waals surface area contributed by atoms with Gasteiger partial charge in [0, 0.05) is 0 Å². The van der Waals surface area contributed by atoms with Gasteiger partial charge in [-0.15, -0.1) is 0 Å². The predicted molar refractivity (Wildman–Crippen MR) is 39.9 cm³/mol. The Bertz CT molecular complexity index is 153. The Labute approximate surface area is 66.4 Å². The zero-order valence-electron chi connectivity index (χ0n) is 6.91. The van der Waals surface area contributed by atoms with Gasteiger partial charge >= 0.3 is 5.97 Å². The average molecular weight is 158 g/mol. The van der Waals surface area contributed by atoms with Crippen LogP contribution < -0.4 is 0 Å². The van der Waals surface area contributed by atoms with Gasteiger partial charge in [0.05, 0.1) is 6.61 Å². The lowest BCUT2D eigenvalue weighted by Gasteiger charge is -2.04. The molecule has 0 spiro atoms. The highest BCUT2D eigenvalue weighted by Gasteiger charge is 2.33. The first-order chi connectivity index (χ1) is 5.11. The van der Waals surface area contributed by atoms with Gasteiger partial charge in [-0.1, -0.05) is 6.92 Å². The van der Waals surface area contributed by atoms with Crippen LogP contribution in [0.25, 0.3) is 0 Å². The van der Waals surface area contributed by atoms with Crippen molar-refractivity contribution < 1.29 is 14.6 Å². The van der Waals surface area contributed by atoms with E-state index in [9.17, 15) is 4.79 Å². The number of carbonyl (C=O) groups is 1. The first-order valence-electron chi connectivity index (χ1n) is 3.96. The SMILES string of the molecule is CC(O)C(=O)OCC1CC1C. The van der Waals surface area contributed by atoms with Crippen molar-refractivity contribution in [1.82, 2.24) is 0 Å². The van der Waals surface area contributed by atoms with Crippen LogP contribution in [0.5, 0.6) is 0 Å². The lowest BCUT2D eigenvalue weighted by Crippen LogP contribution is -2.20. The minimum Gasteiger partial charge on any atom is -0.463 e. The molecule has 0 radical (unpaired) electrons. The monoisotopic (exact) mass is 158 g/mol. The third-order valence-corrected chi connectivity index (χ3v) is 2.06. The van der Waals surface area contributed by atoms with E-state index in [-0.39, 0.29) is 0 Å². The summed E-state index contributed by atoms with van der Waals surface area (Å²) < 4.78 is 4.81. The highest BCUT2D eigenvalue weighted by molar-refractivity contribution is 5.73. The van der Waals surface area contributed by atoms with Crippen molar-refractivity contribution in [3.63, 3.8) is 0 Å². The van der Waals surface area contributed by atoms with Gasteiger partial charge in [-0.2, -0.15) is 0 Å². The second kappa shape index (κ2) is 3.22. The fourth-order valence-corrected chi connectivity index (χ4v) is 0.941. The van der Waals surface area contributed by atoms with E-state index in [0.29, 0.717) is 18.4 Å². The summed E-state index contributed by atoms with van der Waals surface area (Å²) in [6.07, 6.45) is 0.164. The smallest absolute Gasteiger partial charge is 0.334 e. The Balaban J connectivity index is 2.07. The Morgan fingerprint density at radius 2 is 2.36 bits per heavy atom. The molecular weight excluding hydrogens is 144 g/mol. The van der Waals surface area contributed by atoms with Crippen LogP contribution in [0, 0.1) is 11.8 Å². The Morgan fingerprint density at radius 3 is 2.73 bits per heavy atom. The number of ether oxygens (including phenoxy) is 1. The predicted octanol–water partition coefficient (Wildman–Crippen LogP) is 0.566. The van der Waals surface area contributed by atoms with Gasteiger partial charge in [0.25, 0.3) is 0 Å². The van der Waals surface area contributed by atoms with E-state index in [2.05, 4.69) is 6.92 Å². The first kappa shape index (κ1) is 8.53. The van der Waals surface area contributed by atoms with Crippen LogP contribution in [0.1, 0.15) is 20.3 Å². The van der Waals surface area contributed by atoms with Crippen molar-refractivity contribution in [3.8, 4) is 0 Å². The number of esters is 1. The summed E-state index contributed by atoms with van der Waals surface area (Å²) in [4.78, 5) is 10.7. The highest BCUT2D eigenvalue weighted by atomic mass is 16.5. The summed E-state index contributed by atoms with van der Waals surface area (Å²) in [5.41, 5.74) is 0. The number of aliphatic hydroxyl groups is 1. The van der Waals surface area contributed by atoms with Crippen LogP contribution in [-0.4, -0.2) is 23.8 Å². The average Bonchev–Trinajstić information content (AvgIpc) is 2.61. The topological polar surface area (TPSA) is 46.5 Å². The molecule has 0 heterocycles. The molecule has 3 atom stereocenters. The summed E-state index contributed by atoms with van der Waals surface area (Å²) in [7, 11) is 0. The molecule has 0 aromatic rings.